The molecule has 0 aromatic carbocycles. The minimum absolute atomic E-state index is 0.00404. The SMILES string of the molecule is C[C@@H](NC(=O)CSCC(=O)O)[C@H]1C[C@H]2CC[C@H]1C2. The van der Waals surface area contributed by atoms with Crippen LogP contribution < -0.4 is 5.32 Å². The molecule has 4 atom stereocenters. The van der Waals surface area contributed by atoms with Gasteiger partial charge in [-0.2, -0.15) is 0 Å². The molecule has 0 aromatic rings. The fraction of sp³-hybridized carbons (Fsp3) is 0.846. The van der Waals surface area contributed by atoms with Crippen LogP contribution in [0.3, 0.4) is 0 Å². The molecule has 2 rings (SSSR count). The second-order valence-corrected chi connectivity index (χ2v) is 6.57. The van der Waals surface area contributed by atoms with Gasteiger partial charge in [0.2, 0.25) is 5.91 Å². The number of aliphatic carboxylic acids is 1. The molecule has 5 heteroatoms. The molecule has 0 saturated heterocycles. The maximum atomic E-state index is 11.7. The van der Waals surface area contributed by atoms with Crippen molar-refractivity contribution in [1.82, 2.24) is 5.32 Å². The van der Waals surface area contributed by atoms with E-state index in [2.05, 4.69) is 12.2 Å². The van der Waals surface area contributed by atoms with E-state index < -0.39 is 5.97 Å². The normalized spacial score (nSPS) is 31.3. The fourth-order valence-corrected chi connectivity index (χ4v) is 4.09. The summed E-state index contributed by atoms with van der Waals surface area (Å²) in [6, 6.07) is 0.234. The molecule has 0 spiro atoms. The van der Waals surface area contributed by atoms with Crippen molar-refractivity contribution in [2.45, 2.75) is 38.6 Å². The number of hydrogen-bond acceptors (Lipinski definition) is 3. The van der Waals surface area contributed by atoms with E-state index in [4.69, 9.17) is 5.11 Å². The number of carbonyl (C=O) groups is 2. The van der Waals surface area contributed by atoms with Gasteiger partial charge in [-0.05, 0) is 43.9 Å². The summed E-state index contributed by atoms with van der Waals surface area (Å²) in [4.78, 5) is 22.0. The monoisotopic (exact) mass is 271 g/mol. The van der Waals surface area contributed by atoms with E-state index in [-0.39, 0.29) is 23.5 Å². The molecule has 2 N–H and O–H groups in total. The summed E-state index contributed by atoms with van der Waals surface area (Å²) in [6.07, 6.45) is 5.30. The van der Waals surface area contributed by atoms with E-state index in [0.29, 0.717) is 5.92 Å². The molecule has 4 nitrogen and oxygen atoms in total. The largest absolute Gasteiger partial charge is 0.481 e. The van der Waals surface area contributed by atoms with Crippen molar-refractivity contribution >= 4 is 23.6 Å². The maximum Gasteiger partial charge on any atom is 0.313 e. The quantitative estimate of drug-likeness (QED) is 0.772. The lowest BCUT2D eigenvalue weighted by molar-refractivity contribution is -0.133. The molecular formula is C13H21NO3S. The van der Waals surface area contributed by atoms with Gasteiger partial charge in [0.25, 0.3) is 0 Å². The number of rotatable bonds is 6. The smallest absolute Gasteiger partial charge is 0.313 e. The van der Waals surface area contributed by atoms with Crippen LogP contribution in [0.5, 0.6) is 0 Å². The lowest BCUT2D eigenvalue weighted by Crippen LogP contribution is -2.41. The van der Waals surface area contributed by atoms with Gasteiger partial charge in [0.1, 0.15) is 0 Å². The highest BCUT2D eigenvalue weighted by Gasteiger charge is 2.42. The minimum Gasteiger partial charge on any atom is -0.481 e. The lowest BCUT2D eigenvalue weighted by Gasteiger charge is -2.28. The Kier molecular flexibility index (Phi) is 4.54. The molecule has 0 aliphatic heterocycles. The second-order valence-electron chi connectivity index (χ2n) is 5.58. The first-order valence-electron chi connectivity index (χ1n) is 6.65. The average molecular weight is 271 g/mol. The maximum absolute atomic E-state index is 11.7. The number of carboxylic acid groups (broad SMARTS) is 1. The van der Waals surface area contributed by atoms with Crippen molar-refractivity contribution in [3.8, 4) is 0 Å². The summed E-state index contributed by atoms with van der Waals surface area (Å²) in [5, 5.41) is 11.5. The molecule has 1 amide bonds. The molecule has 0 heterocycles. The van der Waals surface area contributed by atoms with Gasteiger partial charge in [0, 0.05) is 6.04 Å². The van der Waals surface area contributed by atoms with E-state index in [1.807, 2.05) is 0 Å². The zero-order valence-corrected chi connectivity index (χ0v) is 11.5. The zero-order valence-electron chi connectivity index (χ0n) is 10.7. The van der Waals surface area contributed by atoms with Gasteiger partial charge in [-0.15, -0.1) is 11.8 Å². The Morgan fingerprint density at radius 1 is 1.33 bits per heavy atom. The Morgan fingerprint density at radius 2 is 2.11 bits per heavy atom. The Balaban J connectivity index is 1.69. The first-order valence-corrected chi connectivity index (χ1v) is 7.80. The summed E-state index contributed by atoms with van der Waals surface area (Å²) in [5.74, 6) is 1.67. The predicted molar refractivity (Wildman–Crippen MR) is 71.5 cm³/mol. The lowest BCUT2D eigenvalue weighted by atomic mass is 9.84. The number of hydrogen-bond donors (Lipinski definition) is 2. The Hall–Kier alpha value is -0.710. The summed E-state index contributed by atoms with van der Waals surface area (Å²) in [7, 11) is 0. The molecule has 0 unspecified atom stereocenters. The summed E-state index contributed by atoms with van der Waals surface area (Å²) in [5.41, 5.74) is 0. The molecule has 2 aliphatic rings. The number of amides is 1. The van der Waals surface area contributed by atoms with Crippen LogP contribution in [0.4, 0.5) is 0 Å². The topological polar surface area (TPSA) is 66.4 Å². The third-order valence-electron chi connectivity index (χ3n) is 4.28. The van der Waals surface area contributed by atoms with Gasteiger partial charge in [-0.1, -0.05) is 6.42 Å². The van der Waals surface area contributed by atoms with Crippen molar-refractivity contribution in [2.24, 2.45) is 17.8 Å². The van der Waals surface area contributed by atoms with Crippen molar-refractivity contribution < 1.29 is 14.7 Å². The highest BCUT2D eigenvalue weighted by molar-refractivity contribution is 8.00. The number of nitrogens with one attached hydrogen (secondary N) is 1. The van der Waals surface area contributed by atoms with Gasteiger partial charge < -0.3 is 10.4 Å². The summed E-state index contributed by atoms with van der Waals surface area (Å²) < 4.78 is 0. The van der Waals surface area contributed by atoms with E-state index in [0.717, 1.165) is 23.6 Å². The highest BCUT2D eigenvalue weighted by Crippen LogP contribution is 2.49. The van der Waals surface area contributed by atoms with Gasteiger partial charge in [-0.3, -0.25) is 9.59 Å². The molecule has 0 aromatic heterocycles. The minimum atomic E-state index is -0.867. The Bertz CT molecular complexity index is 334. The molecule has 2 saturated carbocycles. The van der Waals surface area contributed by atoms with Crippen molar-refractivity contribution in [3.05, 3.63) is 0 Å². The highest BCUT2D eigenvalue weighted by atomic mass is 32.2. The van der Waals surface area contributed by atoms with E-state index in [1.165, 1.54) is 25.7 Å². The standard InChI is InChI=1S/C13H21NO3S/c1-8(11-5-9-2-3-10(11)4-9)14-12(15)6-18-7-13(16)17/h8-11H,2-7H2,1H3,(H,14,15)(H,16,17)/t8-,9+,10+,11-/m1/s1. The van der Waals surface area contributed by atoms with Gasteiger partial charge >= 0.3 is 5.97 Å². The predicted octanol–water partition coefficient (Wildman–Crippen LogP) is 1.75. The van der Waals surface area contributed by atoms with E-state index >= 15 is 0 Å². The van der Waals surface area contributed by atoms with Crippen LogP contribution in [0.15, 0.2) is 0 Å². The van der Waals surface area contributed by atoms with Crippen LogP contribution in [0, 0.1) is 17.8 Å². The zero-order chi connectivity index (χ0) is 13.1. The molecule has 0 radical (unpaired) electrons. The van der Waals surface area contributed by atoms with Gasteiger partial charge in [0.05, 0.1) is 11.5 Å². The van der Waals surface area contributed by atoms with Crippen molar-refractivity contribution in [2.75, 3.05) is 11.5 Å². The Morgan fingerprint density at radius 3 is 2.67 bits per heavy atom. The van der Waals surface area contributed by atoms with Crippen molar-refractivity contribution in [3.63, 3.8) is 0 Å². The Labute approximate surface area is 112 Å². The number of fused-ring (bicyclic) bond motifs is 2. The van der Waals surface area contributed by atoms with Crippen LogP contribution in [-0.2, 0) is 9.59 Å². The van der Waals surface area contributed by atoms with Crippen LogP contribution in [0.25, 0.3) is 0 Å². The molecule has 2 bridgehead atoms. The molecule has 2 fully saturated rings. The van der Waals surface area contributed by atoms with Crippen LogP contribution >= 0.6 is 11.8 Å². The van der Waals surface area contributed by atoms with Crippen LogP contribution in [0.1, 0.15) is 32.6 Å². The summed E-state index contributed by atoms with van der Waals surface area (Å²) >= 11 is 1.16. The van der Waals surface area contributed by atoms with E-state index in [1.54, 1.807) is 0 Å². The van der Waals surface area contributed by atoms with Crippen molar-refractivity contribution in [1.29, 1.82) is 0 Å². The number of carboxylic acids is 1. The average Bonchev–Trinajstić information content (AvgIpc) is 2.89. The number of thioether (sulfide) groups is 1. The molecule has 2 aliphatic carbocycles. The first-order chi connectivity index (χ1) is 8.56. The second kappa shape index (κ2) is 5.95. The summed E-state index contributed by atoms with van der Waals surface area (Å²) in [6.45, 7) is 2.09. The molecular weight excluding hydrogens is 250 g/mol. The third kappa shape index (κ3) is 3.40. The first kappa shape index (κ1) is 13.7. The van der Waals surface area contributed by atoms with Gasteiger partial charge in [-0.25, -0.2) is 0 Å². The third-order valence-corrected chi connectivity index (χ3v) is 5.20. The van der Waals surface area contributed by atoms with Gasteiger partial charge in [0.15, 0.2) is 0 Å². The number of carbonyl (C=O) groups excluding carboxylic acids is 1. The fourth-order valence-electron chi connectivity index (χ4n) is 3.54. The van der Waals surface area contributed by atoms with Crippen LogP contribution in [-0.4, -0.2) is 34.5 Å². The molecule has 18 heavy (non-hydrogen) atoms. The van der Waals surface area contributed by atoms with Crippen LogP contribution in [0.2, 0.25) is 0 Å². The van der Waals surface area contributed by atoms with E-state index in [9.17, 15) is 9.59 Å². The molecule has 102 valence electrons.